The van der Waals surface area contributed by atoms with Crippen molar-refractivity contribution in [1.29, 1.82) is 0 Å². The molecule has 0 spiro atoms. The Hall–Kier alpha value is -2.81. The summed E-state index contributed by atoms with van der Waals surface area (Å²) in [5, 5.41) is 5.97. The number of hydrogen-bond donors (Lipinski definition) is 2. The molecule has 9 heteroatoms. The molecule has 1 rings (SSSR count). The summed E-state index contributed by atoms with van der Waals surface area (Å²) in [6, 6.07) is 0. The molecule has 1 heterocycles. The van der Waals surface area contributed by atoms with Gasteiger partial charge in [-0.2, -0.15) is 0 Å². The molecule has 0 aromatic carbocycles. The maximum absolute atomic E-state index is 12.5. The topological polar surface area (TPSA) is 106 Å². The van der Waals surface area contributed by atoms with Crippen molar-refractivity contribution in [3.05, 3.63) is 37.0 Å². The first-order chi connectivity index (χ1) is 15.0. The molecule has 180 valence electrons. The number of ether oxygens (including phenoxy) is 3. The van der Waals surface area contributed by atoms with Gasteiger partial charge in [-0.3, -0.25) is 4.79 Å². The summed E-state index contributed by atoms with van der Waals surface area (Å²) < 4.78 is 15.7. The molecular weight excluding hydrogens is 414 g/mol. The Labute approximate surface area is 190 Å². The highest BCUT2D eigenvalue weighted by Crippen LogP contribution is 2.24. The largest absolute Gasteiger partial charge is 0.465 e. The number of rotatable bonds is 10. The number of allylic oxidation sites excluding steroid dienone is 2. The second-order valence-corrected chi connectivity index (χ2v) is 8.54. The van der Waals surface area contributed by atoms with Crippen LogP contribution >= 0.6 is 0 Å². The van der Waals surface area contributed by atoms with Gasteiger partial charge in [0.2, 0.25) is 0 Å². The monoisotopic (exact) mass is 451 g/mol. The zero-order valence-corrected chi connectivity index (χ0v) is 19.7. The molecule has 1 aliphatic rings. The summed E-state index contributed by atoms with van der Waals surface area (Å²) in [6.45, 7) is 15.9. The lowest BCUT2D eigenvalue weighted by Gasteiger charge is -2.42. The smallest absolute Gasteiger partial charge is 0.410 e. The number of likely N-dealkylation sites (tertiary alicyclic amines) is 1. The summed E-state index contributed by atoms with van der Waals surface area (Å²) >= 11 is 0. The quantitative estimate of drug-likeness (QED) is 0.299. The Morgan fingerprint density at radius 3 is 2.31 bits per heavy atom. The van der Waals surface area contributed by atoms with Gasteiger partial charge in [0.05, 0.1) is 18.7 Å². The highest BCUT2D eigenvalue weighted by Gasteiger charge is 2.38. The van der Waals surface area contributed by atoms with Gasteiger partial charge >= 0.3 is 18.2 Å². The van der Waals surface area contributed by atoms with Crippen LogP contribution in [-0.4, -0.2) is 73.6 Å². The van der Waals surface area contributed by atoms with Crippen LogP contribution in [0.3, 0.4) is 0 Å². The molecule has 2 amide bonds. The van der Waals surface area contributed by atoms with E-state index in [1.807, 2.05) is 20.8 Å². The minimum Gasteiger partial charge on any atom is -0.465 e. The van der Waals surface area contributed by atoms with Gasteiger partial charge in [0.1, 0.15) is 12.2 Å². The van der Waals surface area contributed by atoms with Gasteiger partial charge < -0.3 is 29.7 Å². The Bertz CT molecular complexity index is 703. The fourth-order valence-electron chi connectivity index (χ4n) is 3.13. The molecule has 32 heavy (non-hydrogen) atoms. The van der Waals surface area contributed by atoms with Crippen molar-refractivity contribution in [2.24, 2.45) is 0 Å². The number of nitrogens with zero attached hydrogens (tertiary/aromatic N) is 1. The van der Waals surface area contributed by atoms with Crippen molar-refractivity contribution in [3.63, 3.8) is 0 Å². The molecule has 1 saturated heterocycles. The van der Waals surface area contributed by atoms with E-state index >= 15 is 0 Å². The third kappa shape index (κ3) is 10.00. The van der Waals surface area contributed by atoms with Crippen LogP contribution in [0.15, 0.2) is 37.0 Å². The highest BCUT2D eigenvalue weighted by atomic mass is 16.6. The third-order valence-corrected chi connectivity index (χ3v) is 4.74. The first-order valence-electron chi connectivity index (χ1n) is 10.8. The number of carbonyl (C=O) groups is 3. The van der Waals surface area contributed by atoms with E-state index in [0.29, 0.717) is 44.7 Å². The zero-order chi connectivity index (χ0) is 24.2. The van der Waals surface area contributed by atoms with Gasteiger partial charge in [-0.15, -0.1) is 0 Å². The van der Waals surface area contributed by atoms with Crippen molar-refractivity contribution < 1.29 is 28.6 Å². The summed E-state index contributed by atoms with van der Waals surface area (Å²) in [4.78, 5) is 38.2. The fraction of sp³-hybridized carbons (Fsp3) is 0.609. The molecule has 2 N–H and O–H groups in total. The van der Waals surface area contributed by atoms with E-state index in [0.717, 1.165) is 0 Å². The van der Waals surface area contributed by atoms with Crippen LogP contribution in [0.2, 0.25) is 0 Å². The van der Waals surface area contributed by atoms with Crippen molar-refractivity contribution in [2.75, 3.05) is 39.4 Å². The van der Waals surface area contributed by atoms with Crippen molar-refractivity contribution >= 4 is 18.2 Å². The molecule has 0 bridgehead atoms. The lowest BCUT2D eigenvalue weighted by Crippen LogP contribution is -2.61. The number of nitrogens with one attached hydrogen (secondary N) is 2. The van der Waals surface area contributed by atoms with Crippen LogP contribution in [0.25, 0.3) is 0 Å². The fourth-order valence-corrected chi connectivity index (χ4v) is 3.13. The van der Waals surface area contributed by atoms with Gasteiger partial charge in [-0.25, -0.2) is 9.59 Å². The number of alkyl carbamates (subject to hydrolysis) is 1. The molecule has 0 atom stereocenters. The Morgan fingerprint density at radius 1 is 1.12 bits per heavy atom. The van der Waals surface area contributed by atoms with E-state index in [4.69, 9.17) is 14.2 Å². The van der Waals surface area contributed by atoms with Crippen LogP contribution in [0.5, 0.6) is 0 Å². The number of hydrogen-bond acceptors (Lipinski definition) is 7. The predicted molar refractivity (Wildman–Crippen MR) is 122 cm³/mol. The number of esters is 1. The number of piperidine rings is 1. The molecular formula is C23H37N3O6. The Balaban J connectivity index is 2.78. The van der Waals surface area contributed by atoms with E-state index in [1.54, 1.807) is 30.1 Å². The maximum Gasteiger partial charge on any atom is 0.410 e. The first-order valence-corrected chi connectivity index (χ1v) is 10.8. The van der Waals surface area contributed by atoms with E-state index in [-0.39, 0.29) is 19.1 Å². The Kier molecular flexibility index (Phi) is 11.0. The summed E-state index contributed by atoms with van der Waals surface area (Å²) in [5.41, 5.74) is -0.570. The average Bonchev–Trinajstić information content (AvgIpc) is 2.70. The normalized spacial score (nSPS) is 16.0. The molecule has 9 nitrogen and oxygen atoms in total. The second kappa shape index (κ2) is 12.9. The van der Waals surface area contributed by atoms with Crippen molar-refractivity contribution in [2.45, 2.75) is 51.7 Å². The first kappa shape index (κ1) is 27.2. The zero-order valence-electron chi connectivity index (χ0n) is 19.7. The van der Waals surface area contributed by atoms with E-state index in [1.165, 1.54) is 0 Å². The minimum atomic E-state index is -0.696. The molecule has 0 aromatic heterocycles. The molecule has 0 saturated carbocycles. The maximum atomic E-state index is 12.5. The average molecular weight is 452 g/mol. The van der Waals surface area contributed by atoms with Crippen molar-refractivity contribution in [3.8, 4) is 0 Å². The van der Waals surface area contributed by atoms with Crippen molar-refractivity contribution in [1.82, 2.24) is 15.5 Å². The third-order valence-electron chi connectivity index (χ3n) is 4.74. The molecule has 0 unspecified atom stereocenters. The summed E-state index contributed by atoms with van der Waals surface area (Å²) in [5.74, 6) is -0.374. The van der Waals surface area contributed by atoms with Gasteiger partial charge in [-0.05, 0) is 46.1 Å². The second-order valence-electron chi connectivity index (χ2n) is 8.54. The van der Waals surface area contributed by atoms with Crippen LogP contribution < -0.4 is 10.6 Å². The van der Waals surface area contributed by atoms with E-state index in [2.05, 4.69) is 23.8 Å². The highest BCUT2D eigenvalue weighted by molar-refractivity contribution is 5.72. The summed E-state index contributed by atoms with van der Waals surface area (Å²) in [6.07, 6.45) is 4.83. The lowest BCUT2D eigenvalue weighted by atomic mass is 9.87. The van der Waals surface area contributed by atoms with E-state index in [9.17, 15) is 14.4 Å². The molecule has 0 radical (unpaired) electrons. The van der Waals surface area contributed by atoms with Gasteiger partial charge in [0, 0.05) is 19.6 Å². The number of carbonyl (C=O) groups excluding carboxylic acids is 3. The van der Waals surface area contributed by atoms with Crippen LogP contribution in [0.4, 0.5) is 9.59 Å². The molecule has 0 aliphatic carbocycles. The SMILES string of the molecule is C=C/C=C(\C=C)COC(=O)NC1(CNCC(=O)OCC)CCN(C(=O)OC(C)(C)C)CC1. The van der Waals surface area contributed by atoms with Crippen LogP contribution in [-0.2, 0) is 19.0 Å². The molecule has 0 aromatic rings. The van der Waals surface area contributed by atoms with Gasteiger partial charge in [0.25, 0.3) is 0 Å². The van der Waals surface area contributed by atoms with Crippen LogP contribution in [0, 0.1) is 0 Å². The Morgan fingerprint density at radius 2 is 1.78 bits per heavy atom. The lowest BCUT2D eigenvalue weighted by molar-refractivity contribution is -0.142. The number of amides is 2. The van der Waals surface area contributed by atoms with Crippen LogP contribution in [0.1, 0.15) is 40.5 Å². The molecule has 1 fully saturated rings. The minimum absolute atomic E-state index is 0.0186. The van der Waals surface area contributed by atoms with Gasteiger partial charge in [0.15, 0.2) is 0 Å². The summed E-state index contributed by atoms with van der Waals surface area (Å²) in [7, 11) is 0. The van der Waals surface area contributed by atoms with Gasteiger partial charge in [-0.1, -0.05) is 31.4 Å². The standard InChI is InChI=1S/C23H37N3O6/c1-7-10-18(8-2)16-31-20(28)25-23(17-24-15-19(27)30-9-3)11-13-26(14-12-23)21(29)32-22(4,5)6/h7-8,10,24H,1-2,9,11-17H2,3-6H3,(H,25,28)/b18-10+. The molecule has 1 aliphatic heterocycles. The van der Waals surface area contributed by atoms with E-state index < -0.39 is 23.3 Å². The predicted octanol–water partition coefficient (Wildman–Crippen LogP) is 2.93.